The van der Waals surface area contributed by atoms with Crippen molar-refractivity contribution in [3.8, 4) is 11.5 Å². The fraction of sp³-hybridized carbons (Fsp3) is 0.219. The fourth-order valence-corrected chi connectivity index (χ4v) is 6.13. The molecule has 0 amide bonds. The summed E-state index contributed by atoms with van der Waals surface area (Å²) in [5.74, 6) is 0.340. The van der Waals surface area contributed by atoms with E-state index in [1.165, 1.54) is 15.9 Å². The van der Waals surface area contributed by atoms with E-state index in [-0.39, 0.29) is 17.7 Å². The molecule has 0 radical (unpaired) electrons. The lowest BCUT2D eigenvalue weighted by Gasteiger charge is -2.27. The van der Waals surface area contributed by atoms with Crippen molar-refractivity contribution in [2.75, 3.05) is 20.3 Å². The van der Waals surface area contributed by atoms with Gasteiger partial charge in [-0.1, -0.05) is 96.1 Å². The summed E-state index contributed by atoms with van der Waals surface area (Å²) in [7, 11) is 1.55. The van der Waals surface area contributed by atoms with E-state index in [1.54, 1.807) is 50.4 Å². The van der Waals surface area contributed by atoms with Crippen LogP contribution in [-0.4, -0.2) is 30.9 Å². The lowest BCUT2D eigenvalue weighted by molar-refractivity contribution is -0.138. The van der Waals surface area contributed by atoms with Crippen molar-refractivity contribution in [1.82, 2.24) is 4.57 Å². The van der Waals surface area contributed by atoms with Crippen LogP contribution in [0.1, 0.15) is 43.0 Å². The normalized spacial score (nSPS) is 14.8. The van der Waals surface area contributed by atoms with Crippen LogP contribution in [0.2, 0.25) is 10.0 Å². The second-order valence-electron chi connectivity index (χ2n) is 9.30. The number of esters is 1. The average molecular weight is 624 g/mol. The van der Waals surface area contributed by atoms with E-state index < -0.39 is 12.0 Å². The van der Waals surface area contributed by atoms with Crippen LogP contribution in [0.3, 0.4) is 0 Å². The molecule has 42 heavy (non-hydrogen) atoms. The lowest BCUT2D eigenvalue weighted by atomic mass is 9.92. The minimum Gasteiger partial charge on any atom is -0.493 e. The number of para-hydroxylation sites is 1. The number of carbonyl (C=O) groups excluding carboxylic acids is 1. The topological polar surface area (TPSA) is 79.1 Å². The summed E-state index contributed by atoms with van der Waals surface area (Å²) in [5, 5.41) is 0.711. The first-order valence-electron chi connectivity index (χ1n) is 13.4. The summed E-state index contributed by atoms with van der Waals surface area (Å²) in [6.07, 6.45) is 2.43. The third-order valence-electron chi connectivity index (χ3n) is 6.62. The van der Waals surface area contributed by atoms with Crippen molar-refractivity contribution in [2.24, 2.45) is 4.99 Å². The van der Waals surface area contributed by atoms with Gasteiger partial charge in [-0.25, -0.2) is 9.79 Å². The van der Waals surface area contributed by atoms with Crippen LogP contribution in [0.15, 0.2) is 82.1 Å². The van der Waals surface area contributed by atoms with E-state index in [0.29, 0.717) is 59.9 Å². The molecule has 1 aliphatic rings. The second kappa shape index (κ2) is 13.0. The first-order valence-corrected chi connectivity index (χ1v) is 15.0. The lowest BCUT2D eigenvalue weighted by Crippen LogP contribution is -2.40. The van der Waals surface area contributed by atoms with Crippen molar-refractivity contribution in [3.05, 3.63) is 119 Å². The van der Waals surface area contributed by atoms with Crippen LogP contribution in [0.4, 0.5) is 0 Å². The summed E-state index contributed by atoms with van der Waals surface area (Å²) in [5.41, 5.74) is 2.15. The molecule has 1 unspecified atom stereocenters. The Morgan fingerprint density at radius 3 is 2.52 bits per heavy atom. The fourth-order valence-electron chi connectivity index (χ4n) is 4.78. The highest BCUT2D eigenvalue weighted by Crippen LogP contribution is 2.42. The van der Waals surface area contributed by atoms with Gasteiger partial charge in [0.05, 0.1) is 46.2 Å². The van der Waals surface area contributed by atoms with E-state index >= 15 is 0 Å². The number of hydrogen-bond donors (Lipinski definition) is 0. The molecular weight excluding hydrogens is 595 g/mol. The molecule has 10 heteroatoms. The molecule has 216 valence electrons. The molecule has 1 aromatic heterocycles. The predicted octanol–water partition coefficient (Wildman–Crippen LogP) is 6.04. The molecule has 0 bridgehead atoms. The zero-order valence-corrected chi connectivity index (χ0v) is 25.6. The maximum absolute atomic E-state index is 14.2. The summed E-state index contributed by atoms with van der Waals surface area (Å²) < 4.78 is 19.3. The number of methoxy groups -OCH3 is 1. The van der Waals surface area contributed by atoms with Gasteiger partial charge in [-0.15, -0.1) is 0 Å². The second-order valence-corrected chi connectivity index (χ2v) is 11.1. The van der Waals surface area contributed by atoms with Crippen molar-refractivity contribution in [1.29, 1.82) is 0 Å². The van der Waals surface area contributed by atoms with Gasteiger partial charge >= 0.3 is 5.97 Å². The van der Waals surface area contributed by atoms with Gasteiger partial charge in [-0.3, -0.25) is 9.36 Å². The van der Waals surface area contributed by atoms with E-state index in [1.807, 2.05) is 43.3 Å². The van der Waals surface area contributed by atoms with Gasteiger partial charge in [0.2, 0.25) is 0 Å². The Morgan fingerprint density at radius 2 is 1.81 bits per heavy atom. The number of hydrogen-bond acceptors (Lipinski definition) is 7. The van der Waals surface area contributed by atoms with Crippen LogP contribution in [0.25, 0.3) is 11.8 Å². The van der Waals surface area contributed by atoms with Gasteiger partial charge in [0.15, 0.2) is 16.3 Å². The third kappa shape index (κ3) is 5.62. The van der Waals surface area contributed by atoms with Crippen LogP contribution < -0.4 is 24.4 Å². The Morgan fingerprint density at radius 1 is 1.05 bits per heavy atom. The minimum atomic E-state index is -0.922. The SMILES string of the molecule is CCCOc1c(OC)cccc1C1C(C(=O)OCC)=C(c2ccccc2)N=c2sc(=Cc3cccc(Cl)c3Cl)c(=O)n21. The van der Waals surface area contributed by atoms with Gasteiger partial charge < -0.3 is 14.2 Å². The maximum Gasteiger partial charge on any atom is 0.338 e. The van der Waals surface area contributed by atoms with Gasteiger partial charge in [0.1, 0.15) is 6.04 Å². The quantitative estimate of drug-likeness (QED) is 0.213. The predicted molar refractivity (Wildman–Crippen MR) is 166 cm³/mol. The number of fused-ring (bicyclic) bond motifs is 1. The molecular formula is C32H28Cl2N2O5S. The average Bonchev–Trinajstić information content (AvgIpc) is 3.32. The largest absolute Gasteiger partial charge is 0.493 e. The van der Waals surface area contributed by atoms with Gasteiger partial charge in [-0.2, -0.15) is 0 Å². The molecule has 0 fully saturated rings. The molecule has 0 spiro atoms. The molecule has 7 nitrogen and oxygen atoms in total. The van der Waals surface area contributed by atoms with Crippen LogP contribution in [0, 0.1) is 0 Å². The van der Waals surface area contributed by atoms with Crippen LogP contribution in [-0.2, 0) is 9.53 Å². The van der Waals surface area contributed by atoms with Gasteiger partial charge in [0.25, 0.3) is 5.56 Å². The molecule has 3 aromatic carbocycles. The molecule has 0 saturated carbocycles. The number of rotatable bonds is 9. The highest BCUT2D eigenvalue weighted by atomic mass is 35.5. The first kappa shape index (κ1) is 29.6. The zero-order valence-electron chi connectivity index (χ0n) is 23.2. The molecule has 0 aliphatic carbocycles. The Bertz CT molecular complexity index is 1850. The molecule has 4 aromatic rings. The summed E-state index contributed by atoms with van der Waals surface area (Å²) >= 11 is 13.9. The highest BCUT2D eigenvalue weighted by Gasteiger charge is 2.37. The van der Waals surface area contributed by atoms with E-state index in [4.69, 9.17) is 42.4 Å². The third-order valence-corrected chi connectivity index (χ3v) is 8.43. The molecule has 2 heterocycles. The van der Waals surface area contributed by atoms with Crippen LogP contribution >= 0.6 is 34.5 Å². The van der Waals surface area contributed by atoms with Gasteiger partial charge in [0, 0.05) is 11.1 Å². The number of thiazole rings is 1. The number of ether oxygens (including phenoxy) is 3. The number of nitrogens with zero attached hydrogens (tertiary/aromatic N) is 2. The summed E-state index contributed by atoms with van der Waals surface area (Å²) in [6.45, 7) is 4.29. The summed E-state index contributed by atoms with van der Waals surface area (Å²) in [4.78, 5) is 33.3. The molecule has 0 saturated heterocycles. The van der Waals surface area contributed by atoms with Crippen molar-refractivity contribution in [3.63, 3.8) is 0 Å². The first-order chi connectivity index (χ1) is 20.4. The molecule has 1 aliphatic heterocycles. The van der Waals surface area contributed by atoms with E-state index in [9.17, 15) is 9.59 Å². The number of carbonyl (C=O) groups is 1. The Hall–Kier alpha value is -3.85. The minimum absolute atomic E-state index is 0.145. The Balaban J connectivity index is 1.88. The molecule has 5 rings (SSSR count). The number of aromatic nitrogens is 1. The molecule has 1 atom stereocenters. The van der Waals surface area contributed by atoms with Crippen LogP contribution in [0.5, 0.6) is 11.5 Å². The smallest absolute Gasteiger partial charge is 0.338 e. The monoisotopic (exact) mass is 622 g/mol. The standard InChI is InChI=1S/C32H28Cl2N2O5S/c1-4-17-41-29-21(14-10-16-23(29)39-3)28-25(31(38)40-5-2)27(19-11-7-6-8-12-19)35-32-36(28)30(37)24(42-32)18-20-13-9-15-22(33)26(20)34/h6-16,18,28H,4-5,17H2,1-3H3. The molecule has 0 N–H and O–H groups in total. The van der Waals surface area contributed by atoms with Crippen molar-refractivity contribution >= 4 is 52.3 Å². The zero-order chi connectivity index (χ0) is 29.8. The Kier molecular flexibility index (Phi) is 9.16. The highest BCUT2D eigenvalue weighted by molar-refractivity contribution is 7.07. The number of benzene rings is 3. The Labute approximate surface area is 256 Å². The summed E-state index contributed by atoms with van der Waals surface area (Å²) in [6, 6.07) is 19.1. The van der Waals surface area contributed by atoms with Crippen molar-refractivity contribution in [2.45, 2.75) is 26.3 Å². The van der Waals surface area contributed by atoms with Crippen molar-refractivity contribution < 1.29 is 19.0 Å². The van der Waals surface area contributed by atoms with E-state index in [2.05, 4.69) is 0 Å². The van der Waals surface area contributed by atoms with Gasteiger partial charge in [-0.05, 0) is 37.1 Å². The number of halogens is 2. The maximum atomic E-state index is 14.2. The van der Waals surface area contributed by atoms with E-state index in [0.717, 1.165) is 6.42 Å².